The van der Waals surface area contributed by atoms with E-state index in [9.17, 15) is 14.7 Å². The lowest BCUT2D eigenvalue weighted by Gasteiger charge is -2.08. The van der Waals surface area contributed by atoms with Crippen LogP contribution in [0.4, 0.5) is 0 Å². The first-order valence-electron chi connectivity index (χ1n) is 8.56. The number of fused-ring (bicyclic) bond motifs is 1. The van der Waals surface area contributed by atoms with Gasteiger partial charge in [0.15, 0.2) is 5.84 Å². The van der Waals surface area contributed by atoms with Crippen molar-refractivity contribution in [2.75, 3.05) is 6.61 Å². The fourth-order valence-electron chi connectivity index (χ4n) is 2.76. The molecule has 142 valence electrons. The Morgan fingerprint density at radius 1 is 1.11 bits per heavy atom. The second-order valence-corrected chi connectivity index (χ2v) is 6.37. The number of esters is 1. The van der Waals surface area contributed by atoms with Gasteiger partial charge in [-0.25, -0.2) is 9.79 Å². The first-order chi connectivity index (χ1) is 13.4. The standard InChI is InChI=1S/C21H17ClN2O4/c1-3-28-21(27)17(12(2)25)18-15-6-4-5-7-16(15)19(23-18)24-20(26)13-8-10-14(22)11-9-13/h4-11,25H,3H2,1-2H3/b17-12-,24-19?. The van der Waals surface area contributed by atoms with Crippen LogP contribution in [0.15, 0.2) is 69.8 Å². The summed E-state index contributed by atoms with van der Waals surface area (Å²) in [6.45, 7) is 3.20. The lowest BCUT2D eigenvalue weighted by molar-refractivity contribution is -0.138. The topological polar surface area (TPSA) is 88.3 Å². The molecule has 0 saturated carbocycles. The largest absolute Gasteiger partial charge is 0.512 e. The van der Waals surface area contributed by atoms with Gasteiger partial charge in [0.05, 0.1) is 12.3 Å². The van der Waals surface area contributed by atoms with Crippen LogP contribution >= 0.6 is 11.6 Å². The van der Waals surface area contributed by atoms with Crippen molar-refractivity contribution in [2.24, 2.45) is 9.98 Å². The lowest BCUT2D eigenvalue weighted by Crippen LogP contribution is -2.18. The summed E-state index contributed by atoms with van der Waals surface area (Å²) in [6, 6.07) is 13.4. The molecule has 0 aromatic heterocycles. The molecule has 1 aliphatic rings. The molecule has 1 heterocycles. The lowest BCUT2D eigenvalue weighted by atomic mass is 9.99. The van der Waals surface area contributed by atoms with Crippen LogP contribution in [0.3, 0.4) is 0 Å². The number of aliphatic hydroxyl groups is 1. The second-order valence-electron chi connectivity index (χ2n) is 5.93. The molecule has 0 bridgehead atoms. The number of nitrogens with zero attached hydrogens (tertiary/aromatic N) is 2. The van der Waals surface area contributed by atoms with Gasteiger partial charge in [-0.15, -0.1) is 0 Å². The summed E-state index contributed by atoms with van der Waals surface area (Å²) in [4.78, 5) is 33.3. The molecule has 2 aromatic carbocycles. The van der Waals surface area contributed by atoms with Crippen molar-refractivity contribution >= 4 is 35.0 Å². The van der Waals surface area contributed by atoms with Gasteiger partial charge < -0.3 is 9.84 Å². The summed E-state index contributed by atoms with van der Waals surface area (Å²) < 4.78 is 5.03. The maximum atomic E-state index is 12.5. The molecular formula is C21H17ClN2O4. The molecule has 7 heteroatoms. The molecule has 1 amide bonds. The highest BCUT2D eigenvalue weighted by Gasteiger charge is 2.30. The zero-order valence-corrected chi connectivity index (χ0v) is 16.0. The minimum absolute atomic E-state index is 0.0570. The summed E-state index contributed by atoms with van der Waals surface area (Å²) in [6.07, 6.45) is 0. The Bertz CT molecular complexity index is 1030. The van der Waals surface area contributed by atoms with Crippen LogP contribution in [0.5, 0.6) is 0 Å². The van der Waals surface area contributed by atoms with Gasteiger partial charge in [-0.1, -0.05) is 35.9 Å². The number of aliphatic hydroxyl groups excluding tert-OH is 1. The van der Waals surface area contributed by atoms with Crippen molar-refractivity contribution in [1.29, 1.82) is 0 Å². The predicted octanol–water partition coefficient (Wildman–Crippen LogP) is 4.12. The van der Waals surface area contributed by atoms with Crippen molar-refractivity contribution in [3.63, 3.8) is 0 Å². The summed E-state index contributed by atoms with van der Waals surface area (Å²) in [5.74, 6) is -1.25. The molecule has 6 nitrogen and oxygen atoms in total. The highest BCUT2D eigenvalue weighted by molar-refractivity contribution is 6.36. The third kappa shape index (κ3) is 3.87. The number of hydrogen-bond donors (Lipinski definition) is 1. The molecule has 2 aromatic rings. The monoisotopic (exact) mass is 396 g/mol. The van der Waals surface area contributed by atoms with Crippen LogP contribution in [-0.4, -0.2) is 35.1 Å². The number of rotatable bonds is 4. The molecule has 3 rings (SSSR count). The first-order valence-corrected chi connectivity index (χ1v) is 8.94. The van der Waals surface area contributed by atoms with Crippen molar-refractivity contribution in [1.82, 2.24) is 0 Å². The van der Waals surface area contributed by atoms with E-state index >= 15 is 0 Å². The van der Waals surface area contributed by atoms with E-state index in [1.165, 1.54) is 6.92 Å². The quantitative estimate of drug-likeness (QED) is 0.478. The summed E-state index contributed by atoms with van der Waals surface area (Å²) in [5, 5.41) is 10.6. The Labute approximate surface area is 166 Å². The molecule has 0 unspecified atom stereocenters. The zero-order valence-electron chi connectivity index (χ0n) is 15.3. The Balaban J connectivity index is 2.08. The van der Waals surface area contributed by atoms with E-state index in [1.807, 2.05) is 0 Å². The normalized spacial score (nSPS) is 15.0. The summed E-state index contributed by atoms with van der Waals surface area (Å²) in [5.41, 5.74) is 1.69. The Morgan fingerprint density at radius 2 is 1.75 bits per heavy atom. The molecule has 0 aliphatic carbocycles. The number of hydrogen-bond acceptors (Lipinski definition) is 4. The van der Waals surface area contributed by atoms with Gasteiger partial charge in [-0.3, -0.25) is 4.79 Å². The average molecular weight is 397 g/mol. The van der Waals surface area contributed by atoms with E-state index in [0.717, 1.165) is 0 Å². The maximum absolute atomic E-state index is 12.5. The van der Waals surface area contributed by atoms with Gasteiger partial charge in [-0.05, 0) is 38.1 Å². The SMILES string of the molecule is CCOC(=O)/C(C1=NC(=NC(=O)c2ccc(Cl)cc2)c2ccccc21)=C(/C)O. The number of ether oxygens (including phenoxy) is 1. The van der Waals surface area contributed by atoms with Gasteiger partial charge in [-0.2, -0.15) is 4.99 Å². The van der Waals surface area contributed by atoms with E-state index in [0.29, 0.717) is 21.7 Å². The number of aliphatic imine (C=N–C) groups is 2. The molecule has 28 heavy (non-hydrogen) atoms. The van der Waals surface area contributed by atoms with Crippen molar-refractivity contribution in [2.45, 2.75) is 13.8 Å². The minimum atomic E-state index is -0.693. The molecule has 0 fully saturated rings. The molecule has 0 radical (unpaired) electrons. The average Bonchev–Trinajstić information content (AvgIpc) is 3.00. The molecule has 0 atom stereocenters. The highest BCUT2D eigenvalue weighted by Crippen LogP contribution is 2.26. The van der Waals surface area contributed by atoms with Gasteiger partial charge in [0.2, 0.25) is 0 Å². The Hall–Kier alpha value is -3.25. The zero-order chi connectivity index (χ0) is 20.3. The van der Waals surface area contributed by atoms with E-state index in [4.69, 9.17) is 16.3 Å². The van der Waals surface area contributed by atoms with Crippen molar-refractivity contribution in [3.8, 4) is 0 Å². The smallest absolute Gasteiger partial charge is 0.343 e. The Kier molecular flexibility index (Phi) is 5.70. The third-order valence-corrected chi connectivity index (χ3v) is 4.27. The second kappa shape index (κ2) is 8.19. The molecule has 1 N–H and O–H groups in total. The van der Waals surface area contributed by atoms with E-state index in [-0.39, 0.29) is 29.5 Å². The van der Waals surface area contributed by atoms with Crippen LogP contribution < -0.4 is 0 Å². The number of allylic oxidation sites excluding steroid dienone is 1. The summed E-state index contributed by atoms with van der Waals surface area (Å²) >= 11 is 5.85. The van der Waals surface area contributed by atoms with Gasteiger partial charge in [0.25, 0.3) is 5.91 Å². The van der Waals surface area contributed by atoms with Gasteiger partial charge >= 0.3 is 5.97 Å². The summed E-state index contributed by atoms with van der Waals surface area (Å²) in [7, 11) is 0. The van der Waals surface area contributed by atoms with E-state index in [1.54, 1.807) is 55.5 Å². The number of amidine groups is 1. The molecular weight excluding hydrogens is 380 g/mol. The molecule has 1 aliphatic heterocycles. The third-order valence-electron chi connectivity index (χ3n) is 4.02. The van der Waals surface area contributed by atoms with Crippen molar-refractivity contribution in [3.05, 3.63) is 81.6 Å². The van der Waals surface area contributed by atoms with Crippen LogP contribution in [0.1, 0.15) is 35.3 Å². The van der Waals surface area contributed by atoms with E-state index in [2.05, 4.69) is 9.98 Å². The maximum Gasteiger partial charge on any atom is 0.343 e. The van der Waals surface area contributed by atoms with Crippen LogP contribution in [-0.2, 0) is 9.53 Å². The molecule has 0 saturated heterocycles. The van der Waals surface area contributed by atoms with Crippen LogP contribution in [0, 0.1) is 0 Å². The van der Waals surface area contributed by atoms with Crippen molar-refractivity contribution < 1.29 is 19.4 Å². The highest BCUT2D eigenvalue weighted by atomic mass is 35.5. The van der Waals surface area contributed by atoms with Crippen LogP contribution in [0.2, 0.25) is 5.02 Å². The number of benzene rings is 2. The number of halogens is 1. The molecule has 0 spiro atoms. The van der Waals surface area contributed by atoms with Crippen LogP contribution in [0.25, 0.3) is 0 Å². The van der Waals surface area contributed by atoms with Gasteiger partial charge in [0.1, 0.15) is 11.3 Å². The minimum Gasteiger partial charge on any atom is -0.512 e. The number of amides is 1. The number of carbonyl (C=O) groups is 2. The van der Waals surface area contributed by atoms with E-state index < -0.39 is 11.9 Å². The van der Waals surface area contributed by atoms with Gasteiger partial charge in [0, 0.05) is 21.7 Å². The predicted molar refractivity (Wildman–Crippen MR) is 107 cm³/mol. The number of carbonyl (C=O) groups excluding carboxylic acids is 2. The first kappa shape index (κ1) is 19.5. The fourth-order valence-corrected chi connectivity index (χ4v) is 2.88. The Morgan fingerprint density at radius 3 is 2.36 bits per heavy atom. The fraction of sp³-hybridized carbons (Fsp3) is 0.143.